The lowest BCUT2D eigenvalue weighted by Crippen LogP contribution is -2.29. The van der Waals surface area contributed by atoms with Crippen LogP contribution in [0.15, 0.2) is 71.6 Å². The number of aryl methyl sites for hydroxylation is 1. The van der Waals surface area contributed by atoms with Gasteiger partial charge >= 0.3 is 11.9 Å². The van der Waals surface area contributed by atoms with E-state index in [2.05, 4.69) is 10.0 Å². The molecular weight excluding hydrogens is 468 g/mol. The van der Waals surface area contributed by atoms with Crippen LogP contribution in [0.5, 0.6) is 0 Å². The number of carbonyl (C=O) groups excluding carboxylic acids is 2. The molecule has 0 aliphatic carbocycles. The van der Waals surface area contributed by atoms with Crippen molar-refractivity contribution in [2.24, 2.45) is 0 Å². The second-order valence-corrected chi connectivity index (χ2v) is 10.00. The number of benzene rings is 3. The van der Waals surface area contributed by atoms with Crippen molar-refractivity contribution in [2.75, 3.05) is 24.3 Å². The molecule has 0 radical (unpaired) electrons. The smallest absolute Gasteiger partial charge is 0.340 e. The summed E-state index contributed by atoms with van der Waals surface area (Å²) in [6, 6.07) is 18.6. The second kappa shape index (κ2) is 9.79. The van der Waals surface area contributed by atoms with Crippen molar-refractivity contribution in [3.8, 4) is 0 Å². The number of hydrogen-bond acceptors (Lipinski definition) is 7. The number of methoxy groups -OCH3 is 2. The molecule has 0 amide bonds. The van der Waals surface area contributed by atoms with Gasteiger partial charge in [0.2, 0.25) is 0 Å². The van der Waals surface area contributed by atoms with Crippen molar-refractivity contribution in [3.05, 3.63) is 89.0 Å². The first-order valence-electron chi connectivity index (χ1n) is 11.0. The van der Waals surface area contributed by atoms with Crippen LogP contribution in [0.25, 0.3) is 0 Å². The molecule has 182 valence electrons. The Hall–Kier alpha value is -3.85. The molecule has 1 aliphatic heterocycles. The van der Waals surface area contributed by atoms with Gasteiger partial charge in [-0.15, -0.1) is 0 Å². The molecule has 8 nitrogen and oxygen atoms in total. The zero-order valence-electron chi connectivity index (χ0n) is 19.6. The minimum Gasteiger partial charge on any atom is -0.469 e. The highest BCUT2D eigenvalue weighted by Gasteiger charge is 2.36. The molecule has 35 heavy (non-hydrogen) atoms. The maximum Gasteiger partial charge on any atom is 0.340 e. The van der Waals surface area contributed by atoms with Crippen molar-refractivity contribution >= 4 is 33.3 Å². The Labute approximate surface area is 204 Å². The van der Waals surface area contributed by atoms with Gasteiger partial charge in [0.05, 0.1) is 48.0 Å². The van der Waals surface area contributed by atoms with Gasteiger partial charge in [-0.3, -0.25) is 9.52 Å². The molecule has 0 spiro atoms. The predicted molar refractivity (Wildman–Crippen MR) is 132 cm³/mol. The first-order valence-corrected chi connectivity index (χ1v) is 12.5. The average molecular weight is 495 g/mol. The van der Waals surface area contributed by atoms with Crippen molar-refractivity contribution in [2.45, 2.75) is 30.2 Å². The standard InChI is InChI=1S/C26H26N2O6S/c1-16-9-11-19(12-10-16)35(31,32)28-18-13-20-21(25(29)33-2)15-23(17-7-5-4-6-8-17)27-24(20)22(14-18)26(30)34-3/h4-14,21,23,27-28H,15H2,1-3H3. The molecule has 3 aromatic carbocycles. The monoisotopic (exact) mass is 494 g/mol. The molecule has 2 unspecified atom stereocenters. The lowest BCUT2D eigenvalue weighted by Gasteiger charge is -2.33. The Balaban J connectivity index is 1.82. The number of esters is 2. The van der Waals surface area contributed by atoms with Crippen LogP contribution in [0.4, 0.5) is 11.4 Å². The lowest BCUT2D eigenvalue weighted by molar-refractivity contribution is -0.142. The van der Waals surface area contributed by atoms with E-state index in [1.807, 2.05) is 37.3 Å². The highest BCUT2D eigenvalue weighted by atomic mass is 32.2. The van der Waals surface area contributed by atoms with Crippen LogP contribution in [0, 0.1) is 6.92 Å². The van der Waals surface area contributed by atoms with E-state index < -0.39 is 27.9 Å². The van der Waals surface area contributed by atoms with Crippen molar-refractivity contribution in [3.63, 3.8) is 0 Å². The fraction of sp³-hybridized carbons (Fsp3) is 0.231. The summed E-state index contributed by atoms with van der Waals surface area (Å²) >= 11 is 0. The fourth-order valence-electron chi connectivity index (χ4n) is 4.23. The summed E-state index contributed by atoms with van der Waals surface area (Å²) in [5, 5.41) is 3.35. The number of hydrogen-bond donors (Lipinski definition) is 2. The van der Waals surface area contributed by atoms with Crippen LogP contribution in [0.2, 0.25) is 0 Å². The summed E-state index contributed by atoms with van der Waals surface area (Å²) in [5.74, 6) is -1.88. The van der Waals surface area contributed by atoms with E-state index in [9.17, 15) is 18.0 Å². The van der Waals surface area contributed by atoms with Crippen LogP contribution in [-0.2, 0) is 24.3 Å². The molecule has 1 aliphatic rings. The number of nitrogens with one attached hydrogen (secondary N) is 2. The number of carbonyl (C=O) groups is 2. The maximum absolute atomic E-state index is 13.0. The number of ether oxygens (including phenoxy) is 2. The summed E-state index contributed by atoms with van der Waals surface area (Å²) in [6.07, 6.45) is 0.360. The van der Waals surface area contributed by atoms with Gasteiger partial charge in [0.25, 0.3) is 10.0 Å². The molecule has 3 aromatic rings. The number of rotatable bonds is 6. The van der Waals surface area contributed by atoms with Crippen molar-refractivity contribution in [1.29, 1.82) is 0 Å². The number of sulfonamides is 1. The quantitative estimate of drug-likeness (QED) is 0.489. The van der Waals surface area contributed by atoms with Gasteiger partial charge in [-0.1, -0.05) is 48.0 Å². The van der Waals surface area contributed by atoms with Gasteiger partial charge in [-0.25, -0.2) is 13.2 Å². The molecule has 2 N–H and O–H groups in total. The Morgan fingerprint density at radius 3 is 2.29 bits per heavy atom. The second-order valence-electron chi connectivity index (χ2n) is 8.32. The van der Waals surface area contributed by atoms with Crippen molar-refractivity contribution < 1.29 is 27.5 Å². The van der Waals surface area contributed by atoms with E-state index in [4.69, 9.17) is 9.47 Å². The first kappa shape index (κ1) is 24.3. The Bertz CT molecular complexity index is 1350. The van der Waals surface area contributed by atoms with Gasteiger partial charge in [-0.2, -0.15) is 0 Å². The third-order valence-corrected chi connectivity index (χ3v) is 7.41. The summed E-state index contributed by atoms with van der Waals surface area (Å²) in [5.41, 5.74) is 2.97. The lowest BCUT2D eigenvalue weighted by atomic mass is 9.83. The molecular formula is C26H26N2O6S. The normalized spacial score (nSPS) is 17.0. The van der Waals surface area contributed by atoms with Gasteiger partial charge in [-0.05, 0) is 48.7 Å². The average Bonchev–Trinajstić information content (AvgIpc) is 2.87. The van der Waals surface area contributed by atoms with Crippen LogP contribution >= 0.6 is 0 Å². The zero-order chi connectivity index (χ0) is 25.2. The molecule has 1 heterocycles. The topological polar surface area (TPSA) is 111 Å². The number of fused-ring (bicyclic) bond motifs is 1. The Morgan fingerprint density at radius 1 is 0.971 bits per heavy atom. The molecule has 0 fully saturated rings. The van der Waals surface area contributed by atoms with Crippen LogP contribution in [0.1, 0.15) is 45.4 Å². The minimum atomic E-state index is -3.94. The summed E-state index contributed by atoms with van der Waals surface area (Å²) < 4.78 is 38.6. The molecule has 9 heteroatoms. The van der Waals surface area contributed by atoms with E-state index in [0.717, 1.165) is 11.1 Å². The van der Waals surface area contributed by atoms with Crippen LogP contribution in [-0.4, -0.2) is 34.6 Å². The molecule has 0 bridgehead atoms. The summed E-state index contributed by atoms with van der Waals surface area (Å²) in [7, 11) is -1.40. The maximum atomic E-state index is 13.0. The highest BCUT2D eigenvalue weighted by molar-refractivity contribution is 7.92. The number of anilines is 2. The highest BCUT2D eigenvalue weighted by Crippen LogP contribution is 2.44. The van der Waals surface area contributed by atoms with E-state index in [1.54, 1.807) is 18.2 Å². The SMILES string of the molecule is COC(=O)c1cc(NS(=O)(=O)c2ccc(C)cc2)cc2c1NC(c1ccccc1)CC2C(=O)OC. The molecule has 0 aromatic heterocycles. The third kappa shape index (κ3) is 5.00. The van der Waals surface area contributed by atoms with E-state index >= 15 is 0 Å². The zero-order valence-corrected chi connectivity index (χ0v) is 20.4. The van der Waals surface area contributed by atoms with Crippen LogP contribution < -0.4 is 10.0 Å². The van der Waals surface area contributed by atoms with Gasteiger partial charge in [0.1, 0.15) is 0 Å². The van der Waals surface area contributed by atoms with Crippen molar-refractivity contribution in [1.82, 2.24) is 0 Å². The minimum absolute atomic E-state index is 0.0761. The Morgan fingerprint density at radius 2 is 1.66 bits per heavy atom. The third-order valence-electron chi connectivity index (χ3n) is 6.01. The summed E-state index contributed by atoms with van der Waals surface area (Å²) in [6.45, 7) is 1.86. The van der Waals surface area contributed by atoms with Gasteiger partial charge < -0.3 is 14.8 Å². The van der Waals surface area contributed by atoms with Gasteiger partial charge in [0.15, 0.2) is 0 Å². The molecule has 4 rings (SSSR count). The first-order chi connectivity index (χ1) is 16.7. The molecule has 0 saturated carbocycles. The van der Waals surface area contributed by atoms with Gasteiger partial charge in [0, 0.05) is 0 Å². The fourth-order valence-corrected chi connectivity index (χ4v) is 5.27. The Kier molecular flexibility index (Phi) is 6.79. The molecule has 0 saturated heterocycles. The van der Waals surface area contributed by atoms with E-state index in [1.165, 1.54) is 32.4 Å². The van der Waals surface area contributed by atoms with Crippen LogP contribution in [0.3, 0.4) is 0 Å². The molecule has 2 atom stereocenters. The summed E-state index contributed by atoms with van der Waals surface area (Å²) in [4.78, 5) is 25.6. The largest absolute Gasteiger partial charge is 0.469 e. The predicted octanol–water partition coefficient (Wildman–Crippen LogP) is 4.40. The van der Waals surface area contributed by atoms with E-state index in [-0.39, 0.29) is 22.2 Å². The van der Waals surface area contributed by atoms with E-state index in [0.29, 0.717) is 17.7 Å².